The van der Waals surface area contributed by atoms with Crippen molar-refractivity contribution in [2.45, 2.75) is 110 Å². The van der Waals surface area contributed by atoms with Gasteiger partial charge in [0.15, 0.2) is 0 Å². The third kappa shape index (κ3) is 8.41. The van der Waals surface area contributed by atoms with Crippen molar-refractivity contribution < 1.29 is 14.3 Å². The average Bonchev–Trinajstić information content (AvgIpc) is 3.31. The molecule has 8 heteroatoms. The van der Waals surface area contributed by atoms with Gasteiger partial charge in [0.1, 0.15) is 17.8 Å². The Morgan fingerprint density at radius 3 is 1.83 bits per heavy atom. The number of halogens is 2. The van der Waals surface area contributed by atoms with Gasteiger partial charge in [0.05, 0.1) is 12.3 Å². The molecule has 0 aliphatic rings. The lowest BCUT2D eigenvalue weighted by Gasteiger charge is -2.30. The molecule has 6 nitrogen and oxygen atoms in total. The lowest BCUT2D eigenvalue weighted by Crippen LogP contribution is -2.35. The maximum Gasteiger partial charge on any atom is 0.226 e. The van der Waals surface area contributed by atoms with Gasteiger partial charge >= 0.3 is 0 Å². The summed E-state index contributed by atoms with van der Waals surface area (Å²) in [6.45, 7) is 21.2. The van der Waals surface area contributed by atoms with Crippen molar-refractivity contribution >= 4 is 24.8 Å². The molecule has 41 heavy (non-hydrogen) atoms. The molecule has 1 aromatic heterocycles. The van der Waals surface area contributed by atoms with Crippen LogP contribution < -0.4 is 16.2 Å². The first kappa shape index (κ1) is 36.8. The molecule has 2 unspecified atom stereocenters. The van der Waals surface area contributed by atoms with E-state index < -0.39 is 11.1 Å². The molecule has 0 amide bonds. The van der Waals surface area contributed by atoms with E-state index in [9.17, 15) is 5.11 Å². The van der Waals surface area contributed by atoms with E-state index in [1.165, 1.54) is 0 Å². The summed E-state index contributed by atoms with van der Waals surface area (Å²) in [5.74, 6) is 1.64. The number of benzene rings is 2. The van der Waals surface area contributed by atoms with Gasteiger partial charge in [0.2, 0.25) is 5.89 Å². The standard InChI is InChI=1S/C33H49N3O3.2ClH/c1-11-32(9,34)22-13-14-27(24(19-22)33(10,35)12-2)38-16-15-23-20-39-29(36-23)21-17-25(30(3,4)5)28(37)26(18-21)31(6,7)8;;/h13-14,17-20,37H,11-12,15-16,34-35H2,1-10H3;2*1H. The fourth-order valence-electron chi connectivity index (χ4n) is 4.57. The Morgan fingerprint density at radius 2 is 1.34 bits per heavy atom. The van der Waals surface area contributed by atoms with Crippen LogP contribution in [0.5, 0.6) is 11.5 Å². The summed E-state index contributed by atoms with van der Waals surface area (Å²) in [6, 6.07) is 10.1. The van der Waals surface area contributed by atoms with Gasteiger partial charge in [-0.05, 0) is 67.3 Å². The number of aromatic hydroxyl groups is 1. The molecule has 230 valence electrons. The van der Waals surface area contributed by atoms with E-state index in [0.29, 0.717) is 24.7 Å². The van der Waals surface area contributed by atoms with Crippen LogP contribution in [0.2, 0.25) is 0 Å². The van der Waals surface area contributed by atoms with Gasteiger partial charge in [-0.2, -0.15) is 0 Å². The number of phenols is 1. The average molecular weight is 609 g/mol. The molecule has 1 heterocycles. The first-order chi connectivity index (χ1) is 17.9. The minimum absolute atomic E-state index is 0. The number of nitrogens with zero attached hydrogens (tertiary/aromatic N) is 1. The van der Waals surface area contributed by atoms with Crippen LogP contribution in [0, 0.1) is 0 Å². The highest BCUT2D eigenvalue weighted by atomic mass is 35.5. The molecule has 0 bridgehead atoms. The zero-order chi connectivity index (χ0) is 29.4. The third-order valence-corrected chi connectivity index (χ3v) is 7.86. The van der Waals surface area contributed by atoms with E-state index in [1.807, 2.05) is 38.1 Å². The van der Waals surface area contributed by atoms with Gasteiger partial charge in [-0.25, -0.2) is 4.98 Å². The normalized spacial score (nSPS) is 14.8. The first-order valence-corrected chi connectivity index (χ1v) is 14.1. The lowest BCUT2D eigenvalue weighted by atomic mass is 9.78. The molecule has 0 saturated carbocycles. The Bertz CT molecular complexity index is 1270. The Hall–Kier alpha value is -2.25. The van der Waals surface area contributed by atoms with E-state index in [4.69, 9.17) is 25.6 Å². The summed E-state index contributed by atoms with van der Waals surface area (Å²) in [5, 5.41) is 11.1. The SMILES string of the molecule is CCC(C)(N)c1ccc(OCCc2coc(-c3cc(C(C)(C)C)c(O)c(C(C)(C)C)c3)n2)c(C(C)(N)CC)c1.Cl.Cl. The predicted octanol–water partition coefficient (Wildman–Crippen LogP) is 8.28. The summed E-state index contributed by atoms with van der Waals surface area (Å²) >= 11 is 0. The van der Waals surface area contributed by atoms with E-state index in [2.05, 4.69) is 61.5 Å². The predicted molar refractivity (Wildman–Crippen MR) is 175 cm³/mol. The molecule has 3 aromatic rings. The molecular weight excluding hydrogens is 557 g/mol. The molecule has 0 aliphatic carbocycles. The molecule has 3 rings (SSSR count). The van der Waals surface area contributed by atoms with Crippen molar-refractivity contribution in [2.75, 3.05) is 6.61 Å². The van der Waals surface area contributed by atoms with Crippen LogP contribution in [0.1, 0.15) is 110 Å². The Kier molecular flexibility index (Phi) is 12.0. The van der Waals surface area contributed by atoms with Gasteiger partial charge in [-0.15, -0.1) is 24.8 Å². The van der Waals surface area contributed by atoms with Gasteiger partial charge in [0.25, 0.3) is 0 Å². The topological polar surface area (TPSA) is 108 Å². The van der Waals surface area contributed by atoms with Crippen LogP contribution in [0.3, 0.4) is 0 Å². The van der Waals surface area contributed by atoms with Crippen molar-refractivity contribution in [1.29, 1.82) is 0 Å². The van der Waals surface area contributed by atoms with Crippen LogP contribution >= 0.6 is 24.8 Å². The number of aromatic nitrogens is 1. The molecule has 5 N–H and O–H groups in total. The monoisotopic (exact) mass is 607 g/mol. The third-order valence-electron chi connectivity index (χ3n) is 7.86. The zero-order valence-electron chi connectivity index (χ0n) is 26.5. The number of hydrogen-bond donors (Lipinski definition) is 3. The number of phenolic OH excluding ortho intramolecular Hbond substituents is 1. The second-order valence-corrected chi connectivity index (χ2v) is 13.4. The van der Waals surface area contributed by atoms with Gasteiger partial charge < -0.3 is 25.7 Å². The highest BCUT2D eigenvalue weighted by Crippen LogP contribution is 2.42. The largest absolute Gasteiger partial charge is 0.507 e. The Balaban J connectivity index is 0.00000420. The fraction of sp³-hybridized carbons (Fsp3) is 0.545. The summed E-state index contributed by atoms with van der Waals surface area (Å²) < 4.78 is 12.2. The van der Waals surface area contributed by atoms with Crippen molar-refractivity contribution in [3.8, 4) is 23.0 Å². The highest BCUT2D eigenvalue weighted by Gasteiger charge is 2.29. The summed E-state index contributed by atoms with van der Waals surface area (Å²) in [6.07, 6.45) is 3.86. The van der Waals surface area contributed by atoms with Gasteiger partial charge in [-0.3, -0.25) is 0 Å². The van der Waals surface area contributed by atoms with Crippen LogP contribution in [-0.4, -0.2) is 16.7 Å². The van der Waals surface area contributed by atoms with Crippen molar-refractivity contribution in [3.63, 3.8) is 0 Å². The molecular formula is C33H51Cl2N3O3. The van der Waals surface area contributed by atoms with Gasteiger partial charge in [-0.1, -0.05) is 61.5 Å². The van der Waals surface area contributed by atoms with E-state index in [1.54, 1.807) is 6.26 Å². The molecule has 0 aliphatic heterocycles. The quantitative estimate of drug-likeness (QED) is 0.226. The maximum absolute atomic E-state index is 11.1. The smallest absolute Gasteiger partial charge is 0.226 e. The molecule has 0 saturated heterocycles. The summed E-state index contributed by atoms with van der Waals surface area (Å²) in [5.41, 5.74) is 17.2. The van der Waals surface area contributed by atoms with E-state index >= 15 is 0 Å². The second kappa shape index (κ2) is 13.4. The van der Waals surface area contributed by atoms with E-state index in [-0.39, 0.29) is 35.6 Å². The molecule has 2 atom stereocenters. The fourth-order valence-corrected chi connectivity index (χ4v) is 4.57. The number of oxazole rings is 1. The zero-order valence-corrected chi connectivity index (χ0v) is 28.1. The Labute approximate surface area is 259 Å². The van der Waals surface area contributed by atoms with Crippen LogP contribution in [0.25, 0.3) is 11.5 Å². The van der Waals surface area contributed by atoms with Gasteiger partial charge in [0, 0.05) is 39.8 Å². The van der Waals surface area contributed by atoms with Crippen LogP contribution in [-0.2, 0) is 28.3 Å². The van der Waals surface area contributed by atoms with E-state index in [0.717, 1.165) is 52.1 Å². The van der Waals surface area contributed by atoms with Crippen molar-refractivity contribution in [1.82, 2.24) is 4.98 Å². The number of hydrogen-bond acceptors (Lipinski definition) is 6. The Morgan fingerprint density at radius 1 is 0.805 bits per heavy atom. The van der Waals surface area contributed by atoms with Crippen molar-refractivity contribution in [3.05, 3.63) is 64.5 Å². The van der Waals surface area contributed by atoms with Crippen LogP contribution in [0.4, 0.5) is 0 Å². The number of rotatable bonds is 9. The summed E-state index contributed by atoms with van der Waals surface area (Å²) in [4.78, 5) is 4.76. The van der Waals surface area contributed by atoms with Crippen LogP contribution in [0.15, 0.2) is 41.0 Å². The molecule has 0 spiro atoms. The second-order valence-electron chi connectivity index (χ2n) is 13.4. The molecule has 2 aromatic carbocycles. The highest BCUT2D eigenvalue weighted by molar-refractivity contribution is 5.85. The maximum atomic E-state index is 11.1. The lowest BCUT2D eigenvalue weighted by molar-refractivity contribution is 0.306. The molecule has 0 radical (unpaired) electrons. The minimum Gasteiger partial charge on any atom is -0.507 e. The number of nitrogens with two attached hydrogens (primary N) is 2. The molecule has 0 fully saturated rings. The van der Waals surface area contributed by atoms with Crippen molar-refractivity contribution in [2.24, 2.45) is 11.5 Å². The number of ether oxygens (including phenoxy) is 1. The summed E-state index contributed by atoms with van der Waals surface area (Å²) in [7, 11) is 0. The first-order valence-electron chi connectivity index (χ1n) is 14.1. The minimum atomic E-state index is -0.537.